The van der Waals surface area contributed by atoms with Crippen molar-refractivity contribution in [2.45, 2.75) is 0 Å². The SMILES string of the molecule is O=Nc1ccc(F)c(C(=O)c2c[nH]c3ncc(Br)cc23)c1F. The molecule has 0 aliphatic rings. The van der Waals surface area contributed by atoms with E-state index in [9.17, 15) is 18.5 Å². The second-order valence-electron chi connectivity index (χ2n) is 4.43. The number of hydrogen-bond donors (Lipinski definition) is 1. The third-order valence-electron chi connectivity index (χ3n) is 3.14. The lowest BCUT2D eigenvalue weighted by molar-refractivity contribution is 0.103. The number of hydrogen-bond acceptors (Lipinski definition) is 4. The minimum absolute atomic E-state index is 0.0460. The molecular weight excluding hydrogens is 360 g/mol. The molecule has 0 aliphatic heterocycles. The van der Waals surface area contributed by atoms with E-state index in [4.69, 9.17) is 0 Å². The van der Waals surface area contributed by atoms with Gasteiger partial charge in [0, 0.05) is 27.8 Å². The highest BCUT2D eigenvalue weighted by molar-refractivity contribution is 9.10. The molecule has 5 nitrogen and oxygen atoms in total. The lowest BCUT2D eigenvalue weighted by Gasteiger charge is -2.04. The van der Waals surface area contributed by atoms with Crippen molar-refractivity contribution in [2.75, 3.05) is 0 Å². The van der Waals surface area contributed by atoms with Crippen LogP contribution < -0.4 is 0 Å². The topological polar surface area (TPSA) is 75.2 Å². The van der Waals surface area contributed by atoms with Gasteiger partial charge in [-0.3, -0.25) is 4.79 Å². The number of carbonyl (C=O) groups is 1. The van der Waals surface area contributed by atoms with Crippen molar-refractivity contribution in [2.24, 2.45) is 5.18 Å². The average molecular weight is 366 g/mol. The monoisotopic (exact) mass is 365 g/mol. The summed E-state index contributed by atoms with van der Waals surface area (Å²) in [7, 11) is 0. The molecule has 8 heteroatoms. The van der Waals surface area contributed by atoms with E-state index < -0.39 is 28.7 Å². The van der Waals surface area contributed by atoms with Crippen molar-refractivity contribution in [3.8, 4) is 0 Å². The molecule has 0 unspecified atom stereocenters. The van der Waals surface area contributed by atoms with E-state index >= 15 is 0 Å². The summed E-state index contributed by atoms with van der Waals surface area (Å²) in [6, 6.07) is 3.31. The normalized spacial score (nSPS) is 10.9. The van der Waals surface area contributed by atoms with Crippen LogP contribution >= 0.6 is 15.9 Å². The highest BCUT2D eigenvalue weighted by Crippen LogP contribution is 2.28. The zero-order valence-electron chi connectivity index (χ0n) is 10.7. The average Bonchev–Trinajstić information content (AvgIpc) is 2.90. The van der Waals surface area contributed by atoms with Crippen LogP contribution in [-0.4, -0.2) is 15.8 Å². The summed E-state index contributed by atoms with van der Waals surface area (Å²) in [6.07, 6.45) is 2.83. The maximum atomic E-state index is 14.1. The summed E-state index contributed by atoms with van der Waals surface area (Å²) < 4.78 is 28.5. The zero-order chi connectivity index (χ0) is 15.9. The molecule has 22 heavy (non-hydrogen) atoms. The summed E-state index contributed by atoms with van der Waals surface area (Å²) in [5.74, 6) is -3.24. The summed E-state index contributed by atoms with van der Waals surface area (Å²) in [5.41, 5.74) is -0.997. The van der Waals surface area contributed by atoms with Crippen LogP contribution in [-0.2, 0) is 0 Å². The van der Waals surface area contributed by atoms with Crippen molar-refractivity contribution in [1.82, 2.24) is 9.97 Å². The van der Waals surface area contributed by atoms with E-state index in [-0.39, 0.29) is 5.56 Å². The summed E-state index contributed by atoms with van der Waals surface area (Å²) >= 11 is 3.22. The van der Waals surface area contributed by atoms with Crippen LogP contribution in [0, 0.1) is 16.5 Å². The van der Waals surface area contributed by atoms with Gasteiger partial charge < -0.3 is 4.98 Å². The van der Waals surface area contributed by atoms with Crippen LogP contribution in [0.2, 0.25) is 0 Å². The Morgan fingerprint density at radius 1 is 1.32 bits per heavy atom. The molecule has 2 aromatic heterocycles. The Kier molecular flexibility index (Phi) is 3.53. The Balaban J connectivity index is 2.22. The summed E-state index contributed by atoms with van der Waals surface area (Å²) in [6.45, 7) is 0. The molecule has 2 heterocycles. The number of benzene rings is 1. The number of fused-ring (bicyclic) bond motifs is 1. The maximum Gasteiger partial charge on any atom is 0.201 e. The van der Waals surface area contributed by atoms with Crippen LogP contribution in [0.1, 0.15) is 15.9 Å². The van der Waals surface area contributed by atoms with Gasteiger partial charge in [-0.25, -0.2) is 13.8 Å². The van der Waals surface area contributed by atoms with Gasteiger partial charge in [0.15, 0.2) is 5.82 Å². The molecule has 110 valence electrons. The van der Waals surface area contributed by atoms with E-state index in [1.54, 1.807) is 6.07 Å². The van der Waals surface area contributed by atoms with Gasteiger partial charge in [0.05, 0.1) is 5.56 Å². The number of nitrogens with zero attached hydrogens (tertiary/aromatic N) is 2. The van der Waals surface area contributed by atoms with Crippen molar-refractivity contribution < 1.29 is 13.6 Å². The maximum absolute atomic E-state index is 14.1. The van der Waals surface area contributed by atoms with Crippen LogP contribution in [0.15, 0.2) is 40.2 Å². The Hall–Kier alpha value is -2.48. The van der Waals surface area contributed by atoms with Gasteiger partial charge in [-0.05, 0) is 39.3 Å². The first-order chi connectivity index (χ1) is 10.5. The largest absolute Gasteiger partial charge is 0.345 e. The second kappa shape index (κ2) is 5.38. The number of nitroso groups, excluding NO2 is 1. The Morgan fingerprint density at radius 2 is 2.09 bits per heavy atom. The van der Waals surface area contributed by atoms with Crippen LogP contribution in [0.3, 0.4) is 0 Å². The zero-order valence-corrected chi connectivity index (χ0v) is 12.3. The molecule has 0 amide bonds. The Morgan fingerprint density at radius 3 is 2.82 bits per heavy atom. The van der Waals surface area contributed by atoms with Crippen LogP contribution in [0.5, 0.6) is 0 Å². The first kappa shape index (κ1) is 14.5. The molecule has 1 aromatic carbocycles. The molecule has 0 saturated carbocycles. The molecule has 3 aromatic rings. The second-order valence-corrected chi connectivity index (χ2v) is 5.34. The molecule has 0 aliphatic carbocycles. The van der Waals surface area contributed by atoms with E-state index in [0.717, 1.165) is 12.1 Å². The number of carbonyl (C=O) groups excluding carboxylic acids is 1. The molecule has 0 bridgehead atoms. The van der Waals surface area contributed by atoms with Gasteiger partial charge in [0.25, 0.3) is 0 Å². The molecule has 3 rings (SSSR count). The number of pyridine rings is 1. The number of aromatic nitrogens is 2. The van der Waals surface area contributed by atoms with Crippen LogP contribution in [0.4, 0.5) is 14.5 Å². The Labute approximate surface area is 130 Å². The minimum Gasteiger partial charge on any atom is -0.345 e. The lowest BCUT2D eigenvalue weighted by Crippen LogP contribution is -2.07. The fourth-order valence-corrected chi connectivity index (χ4v) is 2.45. The fourth-order valence-electron chi connectivity index (χ4n) is 2.12. The predicted octanol–water partition coefficient (Wildman–Crippen LogP) is 4.23. The molecule has 1 N–H and O–H groups in total. The third-order valence-corrected chi connectivity index (χ3v) is 3.57. The first-order valence-electron chi connectivity index (χ1n) is 6.01. The van der Waals surface area contributed by atoms with E-state index in [2.05, 4.69) is 31.1 Å². The van der Waals surface area contributed by atoms with Gasteiger partial charge in [0.2, 0.25) is 5.78 Å². The van der Waals surface area contributed by atoms with Crippen molar-refractivity contribution in [3.63, 3.8) is 0 Å². The van der Waals surface area contributed by atoms with Crippen molar-refractivity contribution in [3.05, 3.63) is 62.7 Å². The minimum atomic E-state index is -1.28. The highest BCUT2D eigenvalue weighted by Gasteiger charge is 2.24. The quantitative estimate of drug-likeness (QED) is 0.557. The van der Waals surface area contributed by atoms with Crippen molar-refractivity contribution in [1.29, 1.82) is 0 Å². The number of halogens is 3. The van der Waals surface area contributed by atoms with Crippen molar-refractivity contribution >= 4 is 38.4 Å². The molecule has 0 saturated heterocycles. The van der Waals surface area contributed by atoms with Gasteiger partial charge in [-0.2, -0.15) is 0 Å². The number of nitrogens with one attached hydrogen (secondary N) is 1. The van der Waals surface area contributed by atoms with Gasteiger partial charge >= 0.3 is 0 Å². The number of H-pyrrole nitrogens is 1. The van der Waals surface area contributed by atoms with E-state index in [1.807, 2.05) is 0 Å². The molecule has 0 atom stereocenters. The predicted molar refractivity (Wildman–Crippen MR) is 79.0 cm³/mol. The summed E-state index contributed by atoms with van der Waals surface area (Å²) in [4.78, 5) is 29.8. The molecule has 0 spiro atoms. The molecular formula is C14H6BrF2N3O2. The van der Waals surface area contributed by atoms with E-state index in [1.165, 1.54) is 12.4 Å². The van der Waals surface area contributed by atoms with Gasteiger partial charge in [-0.15, -0.1) is 4.91 Å². The first-order valence-corrected chi connectivity index (χ1v) is 6.81. The highest BCUT2D eigenvalue weighted by atomic mass is 79.9. The third kappa shape index (κ3) is 2.21. The van der Waals surface area contributed by atoms with Gasteiger partial charge in [-0.1, -0.05) is 0 Å². The van der Waals surface area contributed by atoms with Crippen LogP contribution in [0.25, 0.3) is 11.0 Å². The fraction of sp³-hybridized carbons (Fsp3) is 0. The standard InChI is InChI=1S/C14H6BrF2N3O2/c15-6-3-7-8(5-19-14(7)18-4-6)13(21)11-9(16)1-2-10(20-22)12(11)17/h1-5H,(H,18,19). The van der Waals surface area contributed by atoms with E-state index in [0.29, 0.717) is 15.5 Å². The van der Waals surface area contributed by atoms with Gasteiger partial charge in [0.1, 0.15) is 17.2 Å². The smallest absolute Gasteiger partial charge is 0.201 e. The lowest BCUT2D eigenvalue weighted by atomic mass is 10.0. The molecule has 0 fully saturated rings. The number of rotatable bonds is 3. The number of ketones is 1. The Bertz CT molecular complexity index is 924. The molecule has 0 radical (unpaired) electrons. The number of aromatic amines is 1. The summed E-state index contributed by atoms with van der Waals surface area (Å²) in [5, 5.41) is 2.85.